The summed E-state index contributed by atoms with van der Waals surface area (Å²) in [6.07, 6.45) is 4.75. The van der Waals surface area contributed by atoms with Crippen molar-refractivity contribution < 1.29 is 5.11 Å². The number of nitrogens with zero attached hydrogens (tertiary/aromatic N) is 2. The Labute approximate surface area is 113 Å². The molecule has 0 aromatic carbocycles. The van der Waals surface area contributed by atoms with E-state index in [9.17, 15) is 5.11 Å². The van der Waals surface area contributed by atoms with Gasteiger partial charge in [0.2, 0.25) is 5.95 Å². The van der Waals surface area contributed by atoms with Gasteiger partial charge in [0.1, 0.15) is 11.6 Å². The van der Waals surface area contributed by atoms with Crippen molar-refractivity contribution in [3.63, 3.8) is 0 Å². The minimum Gasteiger partial charge on any atom is -0.391 e. The lowest BCUT2D eigenvalue weighted by molar-refractivity contribution is 0.116. The van der Waals surface area contributed by atoms with E-state index in [4.69, 9.17) is 5.73 Å². The van der Waals surface area contributed by atoms with Crippen molar-refractivity contribution in [2.45, 2.75) is 51.2 Å². The summed E-state index contributed by atoms with van der Waals surface area (Å²) in [6.45, 7) is 2.94. The minimum absolute atomic E-state index is 0.0575. The second-order valence-electron chi connectivity index (χ2n) is 5.03. The number of nitrogens with one attached hydrogen (secondary N) is 2. The van der Waals surface area contributed by atoms with Crippen LogP contribution in [-0.4, -0.2) is 33.8 Å². The zero-order valence-corrected chi connectivity index (χ0v) is 11.4. The Morgan fingerprint density at radius 2 is 2.05 bits per heavy atom. The van der Waals surface area contributed by atoms with Crippen LogP contribution < -0.4 is 16.4 Å². The molecule has 6 heteroatoms. The van der Waals surface area contributed by atoms with Crippen LogP contribution >= 0.6 is 0 Å². The molecule has 0 spiro atoms. The van der Waals surface area contributed by atoms with Crippen molar-refractivity contribution in [1.82, 2.24) is 9.97 Å². The van der Waals surface area contributed by atoms with Gasteiger partial charge in [0.25, 0.3) is 0 Å². The summed E-state index contributed by atoms with van der Waals surface area (Å²) >= 11 is 0. The van der Waals surface area contributed by atoms with Gasteiger partial charge in [-0.25, -0.2) is 0 Å². The second-order valence-corrected chi connectivity index (χ2v) is 5.03. The normalized spacial score (nSPS) is 23.1. The number of nitrogens with two attached hydrogens (primary N) is 1. The fourth-order valence-corrected chi connectivity index (χ4v) is 2.35. The SMILES string of the molecule is CCCNc1cc(NC2CCCCC2O)nc(N)n1. The average molecular weight is 265 g/mol. The third-order valence-corrected chi connectivity index (χ3v) is 3.36. The lowest BCUT2D eigenvalue weighted by Crippen LogP contribution is -2.36. The first-order chi connectivity index (χ1) is 9.19. The van der Waals surface area contributed by atoms with Gasteiger partial charge in [0.05, 0.1) is 12.1 Å². The van der Waals surface area contributed by atoms with Crippen LogP contribution in [0.4, 0.5) is 17.6 Å². The predicted molar refractivity (Wildman–Crippen MR) is 77.1 cm³/mol. The predicted octanol–water partition coefficient (Wildman–Crippen LogP) is 1.60. The van der Waals surface area contributed by atoms with Crippen LogP contribution in [0.5, 0.6) is 0 Å². The molecule has 6 nitrogen and oxygen atoms in total. The molecular weight excluding hydrogens is 242 g/mol. The van der Waals surface area contributed by atoms with E-state index in [0.717, 1.165) is 44.5 Å². The molecule has 19 heavy (non-hydrogen) atoms. The summed E-state index contributed by atoms with van der Waals surface area (Å²) in [6, 6.07) is 1.90. The zero-order chi connectivity index (χ0) is 13.7. The maximum Gasteiger partial charge on any atom is 0.223 e. The number of hydrogen-bond acceptors (Lipinski definition) is 6. The molecule has 2 atom stereocenters. The van der Waals surface area contributed by atoms with E-state index in [1.165, 1.54) is 0 Å². The Bertz CT molecular complexity index is 412. The molecule has 0 bridgehead atoms. The molecule has 0 radical (unpaired) electrons. The van der Waals surface area contributed by atoms with E-state index < -0.39 is 0 Å². The molecule has 1 aliphatic carbocycles. The maximum atomic E-state index is 9.96. The Balaban J connectivity index is 2.04. The van der Waals surface area contributed by atoms with Crippen molar-refractivity contribution >= 4 is 17.6 Å². The van der Waals surface area contributed by atoms with E-state index in [0.29, 0.717) is 5.82 Å². The molecule has 2 rings (SSSR count). The number of nitrogen functional groups attached to an aromatic ring is 1. The topological polar surface area (TPSA) is 96.1 Å². The van der Waals surface area contributed by atoms with Gasteiger partial charge < -0.3 is 21.5 Å². The molecule has 1 aromatic rings. The quantitative estimate of drug-likeness (QED) is 0.646. The Kier molecular flexibility index (Phi) is 4.79. The van der Waals surface area contributed by atoms with E-state index in [1.807, 2.05) is 6.07 Å². The molecule has 2 unspecified atom stereocenters. The van der Waals surface area contributed by atoms with Crippen molar-refractivity contribution in [3.8, 4) is 0 Å². The van der Waals surface area contributed by atoms with Gasteiger partial charge in [-0.15, -0.1) is 0 Å². The second kappa shape index (κ2) is 6.56. The Hall–Kier alpha value is -1.56. The molecule has 1 aliphatic rings. The van der Waals surface area contributed by atoms with Crippen molar-refractivity contribution in [2.24, 2.45) is 0 Å². The van der Waals surface area contributed by atoms with Crippen LogP contribution in [0.3, 0.4) is 0 Å². The minimum atomic E-state index is -0.308. The highest BCUT2D eigenvalue weighted by Crippen LogP contribution is 2.22. The Morgan fingerprint density at radius 3 is 2.79 bits per heavy atom. The lowest BCUT2D eigenvalue weighted by atomic mass is 9.93. The number of aromatic nitrogens is 2. The number of rotatable bonds is 5. The summed E-state index contributed by atoms with van der Waals surface area (Å²) < 4.78 is 0. The number of aliphatic hydroxyl groups is 1. The average Bonchev–Trinajstić information content (AvgIpc) is 2.38. The van der Waals surface area contributed by atoms with Gasteiger partial charge in [-0.3, -0.25) is 0 Å². The standard InChI is InChI=1S/C13H23N5O/c1-2-7-15-11-8-12(18-13(14)17-11)16-9-5-3-4-6-10(9)19/h8-10,19H,2-7H2,1H3,(H4,14,15,16,17,18). The molecule has 5 N–H and O–H groups in total. The van der Waals surface area contributed by atoms with Crippen LogP contribution in [0.2, 0.25) is 0 Å². The summed E-state index contributed by atoms with van der Waals surface area (Å²) in [5.74, 6) is 1.65. The zero-order valence-electron chi connectivity index (χ0n) is 11.4. The van der Waals surface area contributed by atoms with E-state index >= 15 is 0 Å². The summed E-state index contributed by atoms with van der Waals surface area (Å²) in [5.41, 5.74) is 5.71. The Morgan fingerprint density at radius 1 is 1.32 bits per heavy atom. The molecular formula is C13H23N5O. The van der Waals surface area contributed by atoms with Crippen molar-refractivity contribution in [2.75, 3.05) is 22.9 Å². The number of anilines is 3. The van der Waals surface area contributed by atoms with Crippen LogP contribution in [-0.2, 0) is 0 Å². The molecule has 1 fully saturated rings. The smallest absolute Gasteiger partial charge is 0.223 e. The van der Waals surface area contributed by atoms with Crippen LogP contribution in [0.15, 0.2) is 6.07 Å². The monoisotopic (exact) mass is 265 g/mol. The van der Waals surface area contributed by atoms with Crippen molar-refractivity contribution in [3.05, 3.63) is 6.07 Å². The summed E-state index contributed by atoms with van der Waals surface area (Å²) in [7, 11) is 0. The van der Waals surface area contributed by atoms with Gasteiger partial charge in [0.15, 0.2) is 0 Å². The van der Waals surface area contributed by atoms with E-state index in [1.54, 1.807) is 0 Å². The first-order valence-corrected chi connectivity index (χ1v) is 7.02. The van der Waals surface area contributed by atoms with Crippen LogP contribution in [0, 0.1) is 0 Å². The third-order valence-electron chi connectivity index (χ3n) is 3.36. The largest absolute Gasteiger partial charge is 0.391 e. The molecule has 0 amide bonds. The molecule has 1 aromatic heterocycles. The van der Waals surface area contributed by atoms with E-state index in [-0.39, 0.29) is 18.1 Å². The fraction of sp³-hybridized carbons (Fsp3) is 0.692. The highest BCUT2D eigenvalue weighted by Gasteiger charge is 2.23. The molecule has 1 heterocycles. The highest BCUT2D eigenvalue weighted by molar-refractivity contribution is 5.51. The summed E-state index contributed by atoms with van der Waals surface area (Å²) in [5, 5.41) is 16.4. The van der Waals surface area contributed by atoms with Crippen LogP contribution in [0.25, 0.3) is 0 Å². The number of hydrogen-bond donors (Lipinski definition) is 4. The van der Waals surface area contributed by atoms with Gasteiger partial charge >= 0.3 is 0 Å². The van der Waals surface area contributed by atoms with Gasteiger partial charge in [-0.05, 0) is 19.3 Å². The van der Waals surface area contributed by atoms with E-state index in [2.05, 4.69) is 27.5 Å². The molecule has 106 valence electrons. The molecule has 0 aliphatic heterocycles. The first kappa shape index (κ1) is 13.9. The van der Waals surface area contributed by atoms with Gasteiger partial charge in [-0.1, -0.05) is 19.8 Å². The first-order valence-electron chi connectivity index (χ1n) is 7.02. The third kappa shape index (κ3) is 3.96. The van der Waals surface area contributed by atoms with Crippen LogP contribution in [0.1, 0.15) is 39.0 Å². The molecule has 1 saturated carbocycles. The maximum absolute atomic E-state index is 9.96. The summed E-state index contributed by atoms with van der Waals surface area (Å²) in [4.78, 5) is 8.31. The van der Waals surface area contributed by atoms with Crippen molar-refractivity contribution in [1.29, 1.82) is 0 Å². The lowest BCUT2D eigenvalue weighted by Gasteiger charge is -2.28. The number of aliphatic hydroxyl groups excluding tert-OH is 1. The highest BCUT2D eigenvalue weighted by atomic mass is 16.3. The van der Waals surface area contributed by atoms with Gasteiger partial charge in [-0.2, -0.15) is 9.97 Å². The fourth-order valence-electron chi connectivity index (χ4n) is 2.35. The van der Waals surface area contributed by atoms with Gasteiger partial charge in [0, 0.05) is 12.6 Å². The molecule has 0 saturated heterocycles.